The average molecular weight is 278 g/mol. The maximum atomic E-state index is 11.4. The Morgan fingerprint density at radius 1 is 1.63 bits per heavy atom. The molecule has 0 aliphatic rings. The minimum atomic E-state index is -0.462. The maximum Gasteiger partial charge on any atom is 0.261 e. The molecule has 7 heteroatoms. The van der Waals surface area contributed by atoms with E-state index >= 15 is 0 Å². The number of carbonyl (C=O) groups excluding carboxylic acids is 2. The van der Waals surface area contributed by atoms with E-state index in [1.165, 1.54) is 36.3 Å². The van der Waals surface area contributed by atoms with Gasteiger partial charge in [-0.15, -0.1) is 11.3 Å². The van der Waals surface area contributed by atoms with Crippen LogP contribution in [-0.4, -0.2) is 30.4 Å². The number of hydrogen-bond donors (Lipinski definition) is 1. The highest BCUT2D eigenvalue weighted by Gasteiger charge is 2.14. The second kappa shape index (κ2) is 6.66. The van der Waals surface area contributed by atoms with E-state index in [0.29, 0.717) is 17.4 Å². The number of nitrogens with one attached hydrogen (secondary N) is 1. The summed E-state index contributed by atoms with van der Waals surface area (Å²) in [5.41, 5.74) is 0.463. The molecule has 1 aromatic rings. The van der Waals surface area contributed by atoms with Gasteiger partial charge in [-0.25, -0.2) is 4.98 Å². The van der Waals surface area contributed by atoms with Crippen molar-refractivity contribution in [2.24, 2.45) is 0 Å². The second-order valence-corrected chi connectivity index (χ2v) is 4.40. The molecule has 2 amide bonds. The van der Waals surface area contributed by atoms with Crippen LogP contribution in [0.4, 0.5) is 5.13 Å². The third-order valence-corrected chi connectivity index (χ3v) is 3.20. The lowest BCUT2D eigenvalue weighted by atomic mass is 10.2. The lowest BCUT2D eigenvalue weighted by Crippen LogP contribution is -2.27. The first kappa shape index (κ1) is 14.9. The normalized spacial score (nSPS) is 10.7. The summed E-state index contributed by atoms with van der Waals surface area (Å²) in [6.07, 6.45) is 1.40. The molecule has 1 rings (SSSR count). The van der Waals surface area contributed by atoms with Crippen molar-refractivity contribution < 1.29 is 9.59 Å². The number of hydrogen-bond acceptors (Lipinski definition) is 5. The molecule has 0 aromatic carbocycles. The quantitative estimate of drug-likeness (QED) is 0.661. The summed E-state index contributed by atoms with van der Waals surface area (Å²) in [4.78, 5) is 28.5. The fraction of sp³-hybridized carbons (Fsp3) is 0.333. The van der Waals surface area contributed by atoms with E-state index in [-0.39, 0.29) is 11.5 Å². The van der Waals surface area contributed by atoms with Crippen LogP contribution in [0.2, 0.25) is 0 Å². The van der Waals surface area contributed by atoms with Crippen LogP contribution in [0.15, 0.2) is 11.0 Å². The first-order valence-corrected chi connectivity index (χ1v) is 6.49. The van der Waals surface area contributed by atoms with E-state index in [2.05, 4.69) is 10.3 Å². The Morgan fingerprint density at radius 2 is 2.32 bits per heavy atom. The number of anilines is 1. The Morgan fingerprint density at radius 3 is 2.79 bits per heavy atom. The number of aromatic nitrogens is 1. The zero-order chi connectivity index (χ0) is 14.4. The van der Waals surface area contributed by atoms with E-state index < -0.39 is 5.91 Å². The molecule has 0 aliphatic carbocycles. The van der Waals surface area contributed by atoms with Gasteiger partial charge in [-0.3, -0.25) is 14.5 Å². The van der Waals surface area contributed by atoms with E-state index in [4.69, 9.17) is 5.26 Å². The summed E-state index contributed by atoms with van der Waals surface area (Å²) >= 11 is 1.29. The molecule has 0 aliphatic heterocycles. The highest BCUT2D eigenvalue weighted by Crippen LogP contribution is 2.22. The SMILES string of the molecule is CCN(C(C)=O)c1nc(/C=C(\C#N)C(=O)NC)cs1. The fourth-order valence-corrected chi connectivity index (χ4v) is 2.28. The topological polar surface area (TPSA) is 86.1 Å². The molecule has 6 nitrogen and oxygen atoms in total. The van der Waals surface area contributed by atoms with E-state index in [1.54, 1.807) is 5.38 Å². The standard InChI is InChI=1S/C12H14N4O2S/c1-4-16(8(2)17)12-15-10(7-19-12)5-9(6-13)11(18)14-3/h5,7H,4H2,1-3H3,(H,14,18)/b9-5+. The number of amides is 2. The third-order valence-electron chi connectivity index (χ3n) is 2.32. The maximum absolute atomic E-state index is 11.4. The Hall–Kier alpha value is -2.20. The highest BCUT2D eigenvalue weighted by atomic mass is 32.1. The zero-order valence-corrected chi connectivity index (χ0v) is 11.7. The Balaban J connectivity index is 3.03. The lowest BCUT2D eigenvalue weighted by molar-refractivity contribution is -0.117. The summed E-state index contributed by atoms with van der Waals surface area (Å²) in [5, 5.41) is 13.5. The predicted octanol–water partition coefficient (Wildman–Crippen LogP) is 1.17. The number of rotatable bonds is 4. The molecule has 0 saturated carbocycles. The summed E-state index contributed by atoms with van der Waals surface area (Å²) in [5.74, 6) is -0.560. The number of nitriles is 1. The molecule has 0 radical (unpaired) electrons. The Kier molecular flexibility index (Phi) is 5.21. The molecule has 0 atom stereocenters. The van der Waals surface area contributed by atoms with Gasteiger partial charge in [0.2, 0.25) is 5.91 Å². The number of likely N-dealkylation sites (N-methyl/N-ethyl adjacent to an activating group) is 1. The van der Waals surface area contributed by atoms with Crippen LogP contribution in [0.25, 0.3) is 6.08 Å². The Labute approximate surface area is 115 Å². The van der Waals surface area contributed by atoms with Gasteiger partial charge < -0.3 is 5.32 Å². The van der Waals surface area contributed by atoms with E-state index in [1.807, 2.05) is 13.0 Å². The van der Waals surface area contributed by atoms with Crippen LogP contribution in [0.1, 0.15) is 19.5 Å². The number of carbonyl (C=O) groups is 2. The molecular formula is C12H14N4O2S. The third kappa shape index (κ3) is 3.63. The van der Waals surface area contributed by atoms with Gasteiger partial charge in [-0.2, -0.15) is 5.26 Å². The first-order chi connectivity index (χ1) is 9.03. The van der Waals surface area contributed by atoms with E-state index in [9.17, 15) is 9.59 Å². The predicted molar refractivity (Wildman–Crippen MR) is 73.5 cm³/mol. The second-order valence-electron chi connectivity index (χ2n) is 3.57. The van der Waals surface area contributed by atoms with Crippen molar-refractivity contribution in [3.05, 3.63) is 16.6 Å². The summed E-state index contributed by atoms with van der Waals surface area (Å²) in [6, 6.07) is 1.81. The monoisotopic (exact) mass is 278 g/mol. The number of thiazole rings is 1. The van der Waals surface area contributed by atoms with Gasteiger partial charge in [0.1, 0.15) is 11.6 Å². The van der Waals surface area contributed by atoms with Crippen molar-refractivity contribution >= 4 is 34.4 Å². The van der Waals surface area contributed by atoms with Crippen molar-refractivity contribution in [3.63, 3.8) is 0 Å². The smallest absolute Gasteiger partial charge is 0.261 e. The van der Waals surface area contributed by atoms with Gasteiger partial charge in [0.25, 0.3) is 5.91 Å². The number of nitrogens with zero attached hydrogens (tertiary/aromatic N) is 3. The molecule has 0 spiro atoms. The largest absolute Gasteiger partial charge is 0.354 e. The minimum Gasteiger partial charge on any atom is -0.354 e. The van der Waals surface area contributed by atoms with Crippen LogP contribution >= 0.6 is 11.3 Å². The molecule has 19 heavy (non-hydrogen) atoms. The molecule has 1 aromatic heterocycles. The highest BCUT2D eigenvalue weighted by molar-refractivity contribution is 7.14. The molecule has 100 valence electrons. The van der Waals surface area contributed by atoms with Gasteiger partial charge in [-0.05, 0) is 13.0 Å². The summed E-state index contributed by atoms with van der Waals surface area (Å²) in [6.45, 7) is 3.84. The zero-order valence-electron chi connectivity index (χ0n) is 10.9. The van der Waals surface area contributed by atoms with Crippen molar-refractivity contribution in [2.75, 3.05) is 18.5 Å². The van der Waals surface area contributed by atoms with Crippen LogP contribution < -0.4 is 10.2 Å². The molecule has 0 fully saturated rings. The van der Waals surface area contributed by atoms with Crippen LogP contribution in [0.5, 0.6) is 0 Å². The van der Waals surface area contributed by atoms with Crippen molar-refractivity contribution in [2.45, 2.75) is 13.8 Å². The van der Waals surface area contributed by atoms with Gasteiger partial charge in [0.05, 0.1) is 5.69 Å². The van der Waals surface area contributed by atoms with Gasteiger partial charge >= 0.3 is 0 Å². The minimum absolute atomic E-state index is 0.0229. The van der Waals surface area contributed by atoms with E-state index in [0.717, 1.165) is 0 Å². The molecule has 0 bridgehead atoms. The molecule has 1 heterocycles. The van der Waals surface area contributed by atoms with Gasteiger partial charge in [-0.1, -0.05) is 0 Å². The summed E-state index contributed by atoms with van der Waals surface area (Å²) < 4.78 is 0. The van der Waals surface area contributed by atoms with Crippen molar-refractivity contribution in [1.82, 2.24) is 10.3 Å². The van der Waals surface area contributed by atoms with Gasteiger partial charge in [0.15, 0.2) is 5.13 Å². The van der Waals surface area contributed by atoms with Crippen molar-refractivity contribution in [3.8, 4) is 6.07 Å². The molecule has 1 N–H and O–H groups in total. The molecular weight excluding hydrogens is 264 g/mol. The first-order valence-electron chi connectivity index (χ1n) is 5.61. The average Bonchev–Trinajstić information content (AvgIpc) is 2.83. The summed E-state index contributed by atoms with van der Waals surface area (Å²) in [7, 11) is 1.45. The fourth-order valence-electron chi connectivity index (χ4n) is 1.39. The molecule has 0 saturated heterocycles. The van der Waals surface area contributed by atoms with Gasteiger partial charge in [0, 0.05) is 25.9 Å². The van der Waals surface area contributed by atoms with Crippen LogP contribution in [0, 0.1) is 11.3 Å². The van der Waals surface area contributed by atoms with Crippen LogP contribution in [0.3, 0.4) is 0 Å². The lowest BCUT2D eigenvalue weighted by Gasteiger charge is -2.14. The van der Waals surface area contributed by atoms with Crippen molar-refractivity contribution in [1.29, 1.82) is 5.26 Å². The molecule has 0 unspecified atom stereocenters. The Bertz CT molecular complexity index is 556. The van der Waals surface area contributed by atoms with Crippen LogP contribution in [-0.2, 0) is 9.59 Å².